The van der Waals surface area contributed by atoms with E-state index in [4.69, 9.17) is 14.2 Å². The molecule has 0 aromatic heterocycles. The summed E-state index contributed by atoms with van der Waals surface area (Å²) in [5, 5.41) is 0. The number of ether oxygens (including phenoxy) is 3. The third-order valence-corrected chi connectivity index (χ3v) is 1.50. The predicted octanol–water partition coefficient (Wildman–Crippen LogP) is 0.827. The highest BCUT2D eigenvalue weighted by molar-refractivity contribution is 4.59. The summed E-state index contributed by atoms with van der Waals surface area (Å²) in [5.74, 6) is 0. The van der Waals surface area contributed by atoms with E-state index in [1.165, 1.54) is 0 Å². The predicted molar refractivity (Wildman–Crippen MR) is 41.6 cm³/mol. The highest BCUT2D eigenvalue weighted by Crippen LogP contribution is 2.02. The largest absolute Gasteiger partial charge is 0.376 e. The molecular formula is C8H16O3. The molecule has 1 atom stereocenters. The van der Waals surface area contributed by atoms with Gasteiger partial charge in [0, 0.05) is 0 Å². The molecule has 0 aromatic rings. The molecule has 0 saturated carbocycles. The second-order valence-electron chi connectivity index (χ2n) is 2.95. The van der Waals surface area contributed by atoms with Gasteiger partial charge in [-0.25, -0.2) is 0 Å². The highest BCUT2D eigenvalue weighted by atomic mass is 16.6. The summed E-state index contributed by atoms with van der Waals surface area (Å²) in [6.45, 7) is 6.78. The zero-order valence-electron chi connectivity index (χ0n) is 7.21. The first-order valence-corrected chi connectivity index (χ1v) is 4.10. The van der Waals surface area contributed by atoms with Crippen molar-refractivity contribution in [3.8, 4) is 0 Å². The zero-order valence-corrected chi connectivity index (χ0v) is 7.21. The van der Waals surface area contributed by atoms with Crippen molar-refractivity contribution in [2.75, 3.05) is 26.4 Å². The van der Waals surface area contributed by atoms with E-state index in [1.54, 1.807) is 0 Å². The van der Waals surface area contributed by atoms with Gasteiger partial charge in [-0.1, -0.05) is 0 Å². The lowest BCUT2D eigenvalue weighted by Crippen LogP contribution is -2.33. The van der Waals surface area contributed by atoms with E-state index in [-0.39, 0.29) is 12.2 Å². The van der Waals surface area contributed by atoms with E-state index in [9.17, 15) is 0 Å². The Balaban J connectivity index is 2.05. The smallest absolute Gasteiger partial charge is 0.104 e. The van der Waals surface area contributed by atoms with Gasteiger partial charge in [-0.3, -0.25) is 0 Å². The van der Waals surface area contributed by atoms with Gasteiger partial charge in [-0.05, 0) is 13.8 Å². The van der Waals surface area contributed by atoms with Crippen LogP contribution in [0, 0.1) is 0 Å². The second kappa shape index (κ2) is 4.70. The van der Waals surface area contributed by atoms with Gasteiger partial charge in [0.15, 0.2) is 0 Å². The molecule has 1 aliphatic rings. The van der Waals surface area contributed by atoms with Crippen molar-refractivity contribution in [1.29, 1.82) is 0 Å². The molecular weight excluding hydrogens is 144 g/mol. The van der Waals surface area contributed by atoms with Crippen molar-refractivity contribution < 1.29 is 14.2 Å². The van der Waals surface area contributed by atoms with E-state index in [0.29, 0.717) is 19.8 Å². The van der Waals surface area contributed by atoms with Crippen LogP contribution in [0.25, 0.3) is 0 Å². The van der Waals surface area contributed by atoms with Crippen molar-refractivity contribution in [3.63, 3.8) is 0 Å². The van der Waals surface area contributed by atoms with Gasteiger partial charge in [0.05, 0.1) is 32.5 Å². The van der Waals surface area contributed by atoms with Crippen LogP contribution >= 0.6 is 0 Å². The van der Waals surface area contributed by atoms with Crippen LogP contribution in [0.15, 0.2) is 0 Å². The van der Waals surface area contributed by atoms with Crippen molar-refractivity contribution in [3.05, 3.63) is 0 Å². The molecule has 0 spiro atoms. The van der Waals surface area contributed by atoms with Crippen LogP contribution in [0.3, 0.4) is 0 Å². The van der Waals surface area contributed by atoms with Crippen molar-refractivity contribution >= 4 is 0 Å². The summed E-state index contributed by atoms with van der Waals surface area (Å²) in [7, 11) is 0. The van der Waals surface area contributed by atoms with E-state index >= 15 is 0 Å². The first kappa shape index (κ1) is 8.97. The fourth-order valence-electron chi connectivity index (χ4n) is 0.933. The summed E-state index contributed by atoms with van der Waals surface area (Å²) < 4.78 is 16.0. The standard InChI is InChI=1S/C8H16O3/c1-7(2)11-6-8-5-9-3-4-10-8/h7-8H,3-6H2,1-2H3. The van der Waals surface area contributed by atoms with Gasteiger partial charge in [0.2, 0.25) is 0 Å². The second-order valence-corrected chi connectivity index (χ2v) is 2.95. The molecule has 3 nitrogen and oxygen atoms in total. The van der Waals surface area contributed by atoms with E-state index < -0.39 is 0 Å². The van der Waals surface area contributed by atoms with Crippen LogP contribution in [0.4, 0.5) is 0 Å². The molecule has 0 amide bonds. The lowest BCUT2D eigenvalue weighted by molar-refractivity contribution is -0.121. The third kappa shape index (κ3) is 3.70. The fourth-order valence-corrected chi connectivity index (χ4v) is 0.933. The maximum atomic E-state index is 5.38. The van der Waals surface area contributed by atoms with Crippen LogP contribution in [-0.2, 0) is 14.2 Å². The summed E-state index contributed by atoms with van der Waals surface area (Å²) in [5.41, 5.74) is 0. The third-order valence-electron chi connectivity index (χ3n) is 1.50. The molecule has 1 heterocycles. The molecule has 1 fully saturated rings. The van der Waals surface area contributed by atoms with Gasteiger partial charge < -0.3 is 14.2 Å². The lowest BCUT2D eigenvalue weighted by Gasteiger charge is -2.23. The monoisotopic (exact) mass is 160 g/mol. The molecule has 66 valence electrons. The van der Waals surface area contributed by atoms with Crippen LogP contribution in [0.5, 0.6) is 0 Å². The lowest BCUT2D eigenvalue weighted by atomic mass is 10.3. The Bertz CT molecular complexity index is 97.5. The Morgan fingerprint density at radius 1 is 1.45 bits per heavy atom. The molecule has 0 aromatic carbocycles. The van der Waals surface area contributed by atoms with Crippen molar-refractivity contribution in [2.45, 2.75) is 26.1 Å². The van der Waals surface area contributed by atoms with Gasteiger partial charge in [-0.2, -0.15) is 0 Å². The summed E-state index contributed by atoms with van der Waals surface area (Å²) >= 11 is 0. The Morgan fingerprint density at radius 3 is 2.82 bits per heavy atom. The summed E-state index contributed by atoms with van der Waals surface area (Å²) in [6, 6.07) is 0. The average molecular weight is 160 g/mol. The SMILES string of the molecule is CC(C)OCC1COCCO1. The highest BCUT2D eigenvalue weighted by Gasteiger charge is 2.14. The molecule has 11 heavy (non-hydrogen) atoms. The molecule has 0 aliphatic carbocycles. The summed E-state index contributed by atoms with van der Waals surface area (Å²) in [6.07, 6.45) is 0.423. The zero-order chi connectivity index (χ0) is 8.10. The van der Waals surface area contributed by atoms with E-state index in [1.807, 2.05) is 13.8 Å². The maximum Gasteiger partial charge on any atom is 0.104 e. The molecule has 0 N–H and O–H groups in total. The van der Waals surface area contributed by atoms with Crippen LogP contribution in [0.2, 0.25) is 0 Å². The quantitative estimate of drug-likeness (QED) is 0.612. The maximum absolute atomic E-state index is 5.38. The van der Waals surface area contributed by atoms with Crippen molar-refractivity contribution in [1.82, 2.24) is 0 Å². The van der Waals surface area contributed by atoms with Crippen LogP contribution < -0.4 is 0 Å². The van der Waals surface area contributed by atoms with Crippen LogP contribution in [0.1, 0.15) is 13.8 Å². The van der Waals surface area contributed by atoms with E-state index in [0.717, 1.165) is 6.61 Å². The first-order valence-electron chi connectivity index (χ1n) is 4.10. The minimum absolute atomic E-state index is 0.145. The first-order chi connectivity index (χ1) is 5.29. The Labute approximate surface area is 67.6 Å². The number of hydrogen-bond donors (Lipinski definition) is 0. The normalized spacial score (nSPS) is 25.9. The molecule has 0 radical (unpaired) electrons. The topological polar surface area (TPSA) is 27.7 Å². The van der Waals surface area contributed by atoms with Gasteiger partial charge in [-0.15, -0.1) is 0 Å². The molecule has 1 saturated heterocycles. The minimum atomic E-state index is 0.145. The fraction of sp³-hybridized carbons (Fsp3) is 1.00. The molecule has 0 bridgehead atoms. The minimum Gasteiger partial charge on any atom is -0.376 e. The number of rotatable bonds is 3. The van der Waals surface area contributed by atoms with E-state index in [2.05, 4.69) is 0 Å². The molecule has 1 rings (SSSR count). The molecule has 1 aliphatic heterocycles. The molecule has 3 heteroatoms. The summed E-state index contributed by atoms with van der Waals surface area (Å²) in [4.78, 5) is 0. The molecule has 1 unspecified atom stereocenters. The van der Waals surface area contributed by atoms with Gasteiger partial charge >= 0.3 is 0 Å². The van der Waals surface area contributed by atoms with Gasteiger partial charge in [0.1, 0.15) is 6.10 Å². The Hall–Kier alpha value is -0.120. The average Bonchev–Trinajstić information content (AvgIpc) is 2.03. The Morgan fingerprint density at radius 2 is 2.27 bits per heavy atom. The number of hydrogen-bond acceptors (Lipinski definition) is 3. The Kier molecular flexibility index (Phi) is 3.83. The van der Waals surface area contributed by atoms with Crippen molar-refractivity contribution in [2.24, 2.45) is 0 Å². The van der Waals surface area contributed by atoms with Gasteiger partial charge in [0.25, 0.3) is 0 Å². The van der Waals surface area contributed by atoms with Crippen LogP contribution in [-0.4, -0.2) is 38.6 Å².